The first-order valence-corrected chi connectivity index (χ1v) is 6.50. The molecule has 0 heterocycles. The van der Waals surface area contributed by atoms with Gasteiger partial charge in [-0.2, -0.15) is 0 Å². The normalized spacial score (nSPS) is 17.9. The van der Waals surface area contributed by atoms with Crippen LogP contribution in [0.15, 0.2) is 30.3 Å². The number of carbonyl (C=O) groups excluding carboxylic acids is 1. The third-order valence-corrected chi connectivity index (χ3v) is 2.98. The molecule has 0 saturated carbocycles. The molecule has 0 aliphatic carbocycles. The summed E-state index contributed by atoms with van der Waals surface area (Å²) in [7, 11) is 0. The third kappa shape index (κ3) is 4.91. The molecular formula is C13H20N2O7. The van der Waals surface area contributed by atoms with Gasteiger partial charge in [0.25, 0.3) is 5.91 Å². The quantitative estimate of drug-likeness (QED) is 0.234. The molecule has 0 saturated heterocycles. The maximum absolute atomic E-state index is 11.6. The highest BCUT2D eigenvalue weighted by Crippen LogP contribution is 2.09. The van der Waals surface area contributed by atoms with Gasteiger partial charge in [0.05, 0.1) is 12.3 Å². The summed E-state index contributed by atoms with van der Waals surface area (Å²) in [4.78, 5) is 11.6. The van der Waals surface area contributed by atoms with Gasteiger partial charge in [0, 0.05) is 0 Å². The van der Waals surface area contributed by atoms with Crippen LogP contribution in [0.3, 0.4) is 0 Å². The summed E-state index contributed by atoms with van der Waals surface area (Å²) in [5.74, 6) is -1.05. The Kier molecular flexibility index (Phi) is 7.18. The largest absolute Gasteiger partial charge is 0.394 e. The van der Waals surface area contributed by atoms with E-state index in [1.165, 1.54) is 0 Å². The van der Waals surface area contributed by atoms with Crippen molar-refractivity contribution in [3.8, 4) is 0 Å². The van der Waals surface area contributed by atoms with Crippen LogP contribution in [0.25, 0.3) is 0 Å². The fourth-order valence-corrected chi connectivity index (χ4v) is 1.61. The number of hydrogen-bond acceptors (Lipinski definition) is 8. The Hall–Kier alpha value is -1.75. The molecular weight excluding hydrogens is 296 g/mol. The number of aliphatic hydroxyl groups excluding tert-OH is 6. The Morgan fingerprint density at radius 3 is 2.09 bits per heavy atom. The fraction of sp³-hybridized carbons (Fsp3) is 0.462. The molecule has 0 aliphatic heterocycles. The first-order valence-electron chi connectivity index (χ1n) is 6.50. The van der Waals surface area contributed by atoms with Gasteiger partial charge < -0.3 is 30.6 Å². The van der Waals surface area contributed by atoms with Crippen LogP contribution in [0.1, 0.15) is 0 Å². The summed E-state index contributed by atoms with van der Waals surface area (Å²) < 4.78 is 0. The number of benzene rings is 1. The van der Waals surface area contributed by atoms with Crippen LogP contribution in [0.4, 0.5) is 5.69 Å². The molecule has 8 N–H and O–H groups in total. The minimum atomic E-state index is -2.06. The number of amides is 1. The Morgan fingerprint density at radius 2 is 1.55 bits per heavy atom. The molecule has 1 aromatic carbocycles. The summed E-state index contributed by atoms with van der Waals surface area (Å²) in [6, 6.07) is 8.45. The zero-order valence-corrected chi connectivity index (χ0v) is 11.6. The highest BCUT2D eigenvalue weighted by molar-refractivity contribution is 5.82. The molecule has 1 amide bonds. The number of carbonyl (C=O) groups is 1. The van der Waals surface area contributed by atoms with Crippen molar-refractivity contribution < 1.29 is 35.4 Å². The summed E-state index contributed by atoms with van der Waals surface area (Å²) in [5.41, 5.74) is 5.11. The van der Waals surface area contributed by atoms with Crippen molar-refractivity contribution in [2.75, 3.05) is 12.0 Å². The molecule has 9 nitrogen and oxygen atoms in total. The average molecular weight is 316 g/mol. The second-order valence-electron chi connectivity index (χ2n) is 4.65. The lowest BCUT2D eigenvalue weighted by Gasteiger charge is -2.28. The van der Waals surface area contributed by atoms with Gasteiger partial charge in [0.1, 0.15) is 24.4 Å². The molecule has 0 bridgehead atoms. The van der Waals surface area contributed by atoms with Gasteiger partial charge in [-0.15, -0.1) is 0 Å². The molecule has 9 heteroatoms. The van der Waals surface area contributed by atoms with E-state index in [2.05, 4.69) is 10.9 Å². The molecule has 0 radical (unpaired) electrons. The van der Waals surface area contributed by atoms with Crippen molar-refractivity contribution >= 4 is 11.6 Å². The zero-order valence-electron chi connectivity index (χ0n) is 11.6. The monoisotopic (exact) mass is 316 g/mol. The Labute approximate surface area is 126 Å². The van der Waals surface area contributed by atoms with E-state index in [0.29, 0.717) is 5.69 Å². The molecule has 0 unspecified atom stereocenters. The smallest absolute Gasteiger partial charge is 0.269 e. The zero-order chi connectivity index (χ0) is 16.7. The number of para-hydroxylation sites is 1. The van der Waals surface area contributed by atoms with Crippen LogP contribution in [0.5, 0.6) is 0 Å². The molecule has 1 aromatic rings. The predicted molar refractivity (Wildman–Crippen MR) is 75.3 cm³/mol. The highest BCUT2D eigenvalue weighted by Gasteiger charge is 2.37. The van der Waals surface area contributed by atoms with E-state index in [0.717, 1.165) is 0 Å². The van der Waals surface area contributed by atoms with Crippen LogP contribution in [-0.4, -0.2) is 73.7 Å². The number of hydrogen-bond donors (Lipinski definition) is 8. The lowest BCUT2D eigenvalue weighted by atomic mass is 9.99. The van der Waals surface area contributed by atoms with E-state index < -0.39 is 43.0 Å². The van der Waals surface area contributed by atoms with Gasteiger partial charge in [-0.3, -0.25) is 15.6 Å². The van der Waals surface area contributed by atoms with E-state index in [1.54, 1.807) is 30.3 Å². The molecule has 22 heavy (non-hydrogen) atoms. The SMILES string of the molecule is O=C(NNc1ccccc1)[C@@H](O)[C@H](O)[C@H](O)[C@H](O)[C@H](O)CO. The molecule has 124 valence electrons. The van der Waals surface area contributed by atoms with E-state index in [4.69, 9.17) is 10.2 Å². The van der Waals surface area contributed by atoms with Crippen molar-refractivity contribution in [2.24, 2.45) is 0 Å². The molecule has 5 atom stereocenters. The molecule has 0 spiro atoms. The van der Waals surface area contributed by atoms with Crippen molar-refractivity contribution in [1.29, 1.82) is 0 Å². The first kappa shape index (κ1) is 18.3. The summed E-state index contributed by atoms with van der Waals surface area (Å²) in [5, 5.41) is 56.0. The van der Waals surface area contributed by atoms with Gasteiger partial charge >= 0.3 is 0 Å². The van der Waals surface area contributed by atoms with Crippen LogP contribution >= 0.6 is 0 Å². The van der Waals surface area contributed by atoms with Crippen LogP contribution in [0, 0.1) is 0 Å². The lowest BCUT2D eigenvalue weighted by molar-refractivity contribution is -0.156. The number of anilines is 1. The van der Waals surface area contributed by atoms with Gasteiger partial charge in [0.2, 0.25) is 0 Å². The summed E-state index contributed by atoms with van der Waals surface area (Å²) in [6.07, 6.45) is -9.80. The Balaban J connectivity index is 2.54. The van der Waals surface area contributed by atoms with Gasteiger partial charge in [0.15, 0.2) is 6.10 Å². The van der Waals surface area contributed by atoms with Gasteiger partial charge in [-0.25, -0.2) is 0 Å². The van der Waals surface area contributed by atoms with Crippen LogP contribution in [0.2, 0.25) is 0 Å². The third-order valence-electron chi connectivity index (χ3n) is 2.98. The van der Waals surface area contributed by atoms with Gasteiger partial charge in [-0.1, -0.05) is 18.2 Å². The second-order valence-corrected chi connectivity index (χ2v) is 4.65. The van der Waals surface area contributed by atoms with Crippen molar-refractivity contribution in [3.63, 3.8) is 0 Å². The van der Waals surface area contributed by atoms with Crippen molar-refractivity contribution in [1.82, 2.24) is 5.43 Å². The number of hydrazine groups is 1. The van der Waals surface area contributed by atoms with E-state index in [9.17, 15) is 25.2 Å². The molecule has 0 fully saturated rings. The first-order chi connectivity index (χ1) is 10.4. The maximum Gasteiger partial charge on any atom is 0.269 e. The Bertz CT molecular complexity index is 459. The van der Waals surface area contributed by atoms with Gasteiger partial charge in [-0.05, 0) is 12.1 Å². The average Bonchev–Trinajstić information content (AvgIpc) is 2.56. The summed E-state index contributed by atoms with van der Waals surface area (Å²) in [6.45, 7) is -0.858. The van der Waals surface area contributed by atoms with E-state index in [-0.39, 0.29) is 0 Å². The highest BCUT2D eigenvalue weighted by atomic mass is 16.4. The van der Waals surface area contributed by atoms with Crippen LogP contribution < -0.4 is 10.9 Å². The minimum Gasteiger partial charge on any atom is -0.394 e. The second kappa shape index (κ2) is 8.63. The lowest BCUT2D eigenvalue weighted by Crippen LogP contribution is -2.54. The molecule has 0 aromatic heterocycles. The number of aliphatic hydroxyl groups is 6. The fourth-order valence-electron chi connectivity index (χ4n) is 1.61. The van der Waals surface area contributed by atoms with Crippen LogP contribution in [-0.2, 0) is 4.79 Å². The number of nitrogens with one attached hydrogen (secondary N) is 2. The van der Waals surface area contributed by atoms with E-state index >= 15 is 0 Å². The standard InChI is InChI=1S/C13H20N2O7/c16-6-8(17)9(18)10(19)11(20)12(21)13(22)15-14-7-4-2-1-3-5-7/h1-5,8-12,14,16-21H,6H2,(H,15,22)/t8-,9-,10-,11-,12+/m1/s1. The van der Waals surface area contributed by atoms with Crippen molar-refractivity contribution in [2.45, 2.75) is 30.5 Å². The number of rotatable bonds is 8. The topological polar surface area (TPSA) is 163 Å². The summed E-state index contributed by atoms with van der Waals surface area (Å²) >= 11 is 0. The predicted octanol–water partition coefficient (Wildman–Crippen LogP) is -3.07. The molecule has 1 rings (SSSR count). The molecule has 0 aliphatic rings. The minimum absolute atomic E-state index is 0.522. The Morgan fingerprint density at radius 1 is 0.955 bits per heavy atom. The maximum atomic E-state index is 11.6. The van der Waals surface area contributed by atoms with Crippen molar-refractivity contribution in [3.05, 3.63) is 30.3 Å². The van der Waals surface area contributed by atoms with E-state index in [1.807, 2.05) is 0 Å².